The first-order chi connectivity index (χ1) is 12.7. The monoisotopic (exact) mass is 385 g/mol. The van der Waals surface area contributed by atoms with E-state index in [2.05, 4.69) is 32.7 Å². The first kappa shape index (κ1) is 17.5. The number of fused-ring (bicyclic) bond motifs is 1. The number of pyridine rings is 1. The first-order valence-corrected chi connectivity index (χ1v) is 10.1. The fourth-order valence-corrected chi connectivity index (χ4v) is 4.49. The van der Waals surface area contributed by atoms with Gasteiger partial charge in [-0.1, -0.05) is 17.7 Å². The van der Waals surface area contributed by atoms with Crippen molar-refractivity contribution in [2.24, 2.45) is 0 Å². The summed E-state index contributed by atoms with van der Waals surface area (Å²) >= 11 is 7.68. The number of rotatable bonds is 5. The summed E-state index contributed by atoms with van der Waals surface area (Å²) < 4.78 is 0. The Labute approximate surface area is 161 Å². The minimum absolute atomic E-state index is 0.0531. The average molecular weight is 386 g/mol. The third-order valence-corrected chi connectivity index (χ3v) is 6.01. The van der Waals surface area contributed by atoms with Crippen LogP contribution in [0.25, 0.3) is 10.9 Å². The van der Waals surface area contributed by atoms with E-state index in [0.717, 1.165) is 24.0 Å². The lowest BCUT2D eigenvalue weighted by Crippen LogP contribution is -2.36. The average Bonchev–Trinajstić information content (AvgIpc) is 3.36. The maximum absolute atomic E-state index is 12.7. The van der Waals surface area contributed by atoms with Crippen molar-refractivity contribution in [3.8, 4) is 0 Å². The van der Waals surface area contributed by atoms with E-state index in [1.165, 1.54) is 17.7 Å². The van der Waals surface area contributed by atoms with Crippen molar-refractivity contribution < 1.29 is 4.79 Å². The minimum atomic E-state index is -0.0531. The molecule has 1 N–H and O–H groups in total. The van der Waals surface area contributed by atoms with Gasteiger partial charge >= 0.3 is 0 Å². The van der Waals surface area contributed by atoms with Crippen LogP contribution in [0.1, 0.15) is 34.1 Å². The van der Waals surface area contributed by atoms with E-state index in [4.69, 9.17) is 11.6 Å². The molecule has 1 aliphatic rings. The predicted octanol–water partition coefficient (Wildman–Crippen LogP) is 4.52. The Bertz CT molecular complexity index is 907. The molecular weight excluding hydrogens is 366 g/mol. The van der Waals surface area contributed by atoms with Crippen LogP contribution in [0.2, 0.25) is 5.15 Å². The zero-order valence-electron chi connectivity index (χ0n) is 14.3. The van der Waals surface area contributed by atoms with Crippen molar-refractivity contribution in [3.63, 3.8) is 0 Å². The fraction of sp³-hybridized carbons (Fsp3) is 0.300. The highest BCUT2D eigenvalue weighted by Crippen LogP contribution is 2.28. The molecule has 1 fully saturated rings. The van der Waals surface area contributed by atoms with Crippen LogP contribution in [0.5, 0.6) is 0 Å². The van der Waals surface area contributed by atoms with E-state index >= 15 is 0 Å². The van der Waals surface area contributed by atoms with Crippen LogP contribution in [0.3, 0.4) is 0 Å². The quantitative estimate of drug-likeness (QED) is 0.657. The van der Waals surface area contributed by atoms with Gasteiger partial charge in [0.1, 0.15) is 5.15 Å². The molecule has 1 amide bonds. The number of benzene rings is 1. The summed E-state index contributed by atoms with van der Waals surface area (Å²) in [7, 11) is 0. The largest absolute Gasteiger partial charge is 0.350 e. The Hall–Kier alpha value is -1.95. The molecule has 1 aliphatic heterocycles. The topological polar surface area (TPSA) is 45.2 Å². The van der Waals surface area contributed by atoms with Gasteiger partial charge in [0.2, 0.25) is 0 Å². The summed E-state index contributed by atoms with van der Waals surface area (Å²) in [4.78, 5) is 20.7. The number of hydrogen-bond donors (Lipinski definition) is 1. The molecule has 1 atom stereocenters. The van der Waals surface area contributed by atoms with Crippen LogP contribution in [-0.2, 0) is 0 Å². The van der Waals surface area contributed by atoms with E-state index in [1.807, 2.05) is 18.2 Å². The molecule has 1 saturated heterocycles. The highest BCUT2D eigenvalue weighted by molar-refractivity contribution is 7.10. The van der Waals surface area contributed by atoms with Crippen molar-refractivity contribution in [1.29, 1.82) is 0 Å². The number of aromatic nitrogens is 1. The molecule has 0 saturated carbocycles. The standard InChI is InChI=1S/C20H20ClN3OS/c21-19-8-6-14-12-15(5-7-16(14)23-19)20(25)22-13-17(18-4-3-11-26-18)24-9-1-2-10-24/h3-8,11-12,17H,1-2,9-10,13H2,(H,22,25). The summed E-state index contributed by atoms with van der Waals surface area (Å²) in [6.07, 6.45) is 2.46. The predicted molar refractivity (Wildman–Crippen MR) is 107 cm³/mol. The van der Waals surface area contributed by atoms with Crippen molar-refractivity contribution >= 4 is 39.7 Å². The molecule has 1 aromatic carbocycles. The van der Waals surface area contributed by atoms with E-state index in [1.54, 1.807) is 23.5 Å². The number of halogens is 1. The molecule has 3 heterocycles. The van der Waals surface area contributed by atoms with Gasteiger partial charge in [-0.15, -0.1) is 11.3 Å². The summed E-state index contributed by atoms with van der Waals surface area (Å²) in [6.45, 7) is 2.82. The SMILES string of the molecule is O=C(NCC(c1cccs1)N1CCCC1)c1ccc2nc(Cl)ccc2c1. The molecule has 0 spiro atoms. The number of nitrogens with zero attached hydrogens (tertiary/aromatic N) is 2. The second kappa shape index (κ2) is 7.74. The first-order valence-electron chi connectivity index (χ1n) is 8.83. The number of thiophene rings is 1. The lowest BCUT2D eigenvalue weighted by atomic mass is 10.1. The molecule has 4 nitrogen and oxygen atoms in total. The molecule has 1 unspecified atom stereocenters. The van der Waals surface area contributed by atoms with Gasteiger partial charge in [-0.3, -0.25) is 9.69 Å². The van der Waals surface area contributed by atoms with Gasteiger partial charge in [0.05, 0.1) is 11.6 Å². The summed E-state index contributed by atoms with van der Waals surface area (Å²) in [6, 6.07) is 13.6. The van der Waals surface area contributed by atoms with Crippen LogP contribution in [-0.4, -0.2) is 35.4 Å². The van der Waals surface area contributed by atoms with Crippen LogP contribution in [0, 0.1) is 0 Å². The lowest BCUT2D eigenvalue weighted by molar-refractivity contribution is 0.0938. The van der Waals surface area contributed by atoms with E-state index in [0.29, 0.717) is 17.3 Å². The molecule has 0 aliphatic carbocycles. The maximum Gasteiger partial charge on any atom is 0.251 e. The van der Waals surface area contributed by atoms with Gasteiger partial charge in [0, 0.05) is 22.4 Å². The maximum atomic E-state index is 12.7. The minimum Gasteiger partial charge on any atom is -0.350 e. The smallest absolute Gasteiger partial charge is 0.251 e. The molecule has 0 bridgehead atoms. The third kappa shape index (κ3) is 3.75. The van der Waals surface area contributed by atoms with Crippen LogP contribution < -0.4 is 5.32 Å². The molecule has 4 rings (SSSR count). The van der Waals surface area contributed by atoms with Crippen molar-refractivity contribution in [2.45, 2.75) is 18.9 Å². The van der Waals surface area contributed by atoms with E-state index < -0.39 is 0 Å². The highest BCUT2D eigenvalue weighted by atomic mass is 35.5. The van der Waals surface area contributed by atoms with Gasteiger partial charge < -0.3 is 5.32 Å². The van der Waals surface area contributed by atoms with E-state index in [-0.39, 0.29) is 11.9 Å². The molecular formula is C20H20ClN3OS. The Balaban J connectivity index is 1.49. The van der Waals surface area contributed by atoms with E-state index in [9.17, 15) is 4.79 Å². The van der Waals surface area contributed by atoms with Gasteiger partial charge in [-0.05, 0) is 67.7 Å². The Morgan fingerprint density at radius 2 is 2.08 bits per heavy atom. The normalized spacial score (nSPS) is 16.0. The highest BCUT2D eigenvalue weighted by Gasteiger charge is 2.24. The van der Waals surface area contributed by atoms with Gasteiger partial charge in [0.15, 0.2) is 0 Å². The second-order valence-electron chi connectivity index (χ2n) is 6.53. The second-order valence-corrected chi connectivity index (χ2v) is 7.89. The molecule has 0 radical (unpaired) electrons. The van der Waals surface area contributed by atoms with Crippen molar-refractivity contribution in [1.82, 2.24) is 15.2 Å². The van der Waals surface area contributed by atoms with Crippen LogP contribution in [0.4, 0.5) is 0 Å². The van der Waals surface area contributed by atoms with Crippen molar-refractivity contribution in [3.05, 3.63) is 63.4 Å². The Morgan fingerprint density at radius 3 is 2.85 bits per heavy atom. The lowest BCUT2D eigenvalue weighted by Gasteiger charge is -2.27. The van der Waals surface area contributed by atoms with Crippen molar-refractivity contribution in [2.75, 3.05) is 19.6 Å². The zero-order valence-corrected chi connectivity index (χ0v) is 15.9. The molecule has 134 valence electrons. The fourth-order valence-electron chi connectivity index (χ4n) is 3.48. The van der Waals surface area contributed by atoms with Gasteiger partial charge in [0.25, 0.3) is 5.91 Å². The third-order valence-electron chi connectivity index (χ3n) is 4.83. The van der Waals surface area contributed by atoms with Gasteiger partial charge in [-0.2, -0.15) is 0 Å². The van der Waals surface area contributed by atoms with Crippen LogP contribution in [0.15, 0.2) is 47.8 Å². The number of amides is 1. The van der Waals surface area contributed by atoms with Gasteiger partial charge in [-0.25, -0.2) is 4.98 Å². The number of carbonyl (C=O) groups excluding carboxylic acids is 1. The Kier molecular flexibility index (Phi) is 5.20. The summed E-state index contributed by atoms with van der Waals surface area (Å²) in [5.74, 6) is -0.0531. The van der Waals surface area contributed by atoms with Crippen LogP contribution >= 0.6 is 22.9 Å². The number of carbonyl (C=O) groups is 1. The zero-order chi connectivity index (χ0) is 17.9. The Morgan fingerprint density at radius 1 is 1.23 bits per heavy atom. The number of hydrogen-bond acceptors (Lipinski definition) is 4. The summed E-state index contributed by atoms with van der Waals surface area (Å²) in [5.41, 5.74) is 1.44. The molecule has 2 aromatic heterocycles. The molecule has 6 heteroatoms. The molecule has 3 aromatic rings. The molecule has 26 heavy (non-hydrogen) atoms. The number of nitrogens with one attached hydrogen (secondary N) is 1. The number of likely N-dealkylation sites (tertiary alicyclic amines) is 1. The summed E-state index contributed by atoms with van der Waals surface area (Å²) in [5, 5.41) is 6.59.